The van der Waals surface area contributed by atoms with Crippen molar-refractivity contribution < 1.29 is 17.9 Å². The number of amides is 1. The number of ether oxygens (including phenoxy) is 1. The van der Waals surface area contributed by atoms with Crippen LogP contribution in [0.15, 0.2) is 59.5 Å². The van der Waals surface area contributed by atoms with Gasteiger partial charge in [-0.15, -0.1) is 0 Å². The Morgan fingerprint density at radius 3 is 2.35 bits per heavy atom. The van der Waals surface area contributed by atoms with Crippen molar-refractivity contribution in [2.24, 2.45) is 0 Å². The molecule has 0 aliphatic carbocycles. The van der Waals surface area contributed by atoms with Gasteiger partial charge in [-0.1, -0.05) is 23.7 Å². The van der Waals surface area contributed by atoms with E-state index in [1.165, 1.54) is 25.3 Å². The van der Waals surface area contributed by atoms with Crippen LogP contribution in [0.5, 0.6) is 5.75 Å². The second-order valence-electron chi connectivity index (χ2n) is 5.25. The van der Waals surface area contributed by atoms with Crippen molar-refractivity contribution in [3.8, 4) is 5.75 Å². The molecule has 0 aromatic heterocycles. The predicted molar refractivity (Wildman–Crippen MR) is 102 cm³/mol. The van der Waals surface area contributed by atoms with Crippen LogP contribution in [-0.4, -0.2) is 34.5 Å². The molecule has 1 amide bonds. The summed E-state index contributed by atoms with van der Waals surface area (Å²) < 4.78 is 31.7. The largest absolute Gasteiger partial charge is 0.497 e. The van der Waals surface area contributed by atoms with E-state index in [1.54, 1.807) is 42.5 Å². The lowest BCUT2D eigenvalue weighted by atomic mass is 10.2. The maximum absolute atomic E-state index is 12.1. The third kappa shape index (κ3) is 6.18. The van der Waals surface area contributed by atoms with E-state index in [-0.39, 0.29) is 23.9 Å². The first-order valence-electron chi connectivity index (χ1n) is 7.76. The highest BCUT2D eigenvalue weighted by molar-refractivity contribution is 7.89. The number of carbonyl (C=O) groups excluding carboxylic acids is 1. The number of benzene rings is 2. The number of nitrogens with one attached hydrogen (secondary N) is 2. The molecule has 0 radical (unpaired) electrons. The lowest BCUT2D eigenvalue weighted by Crippen LogP contribution is -2.34. The number of methoxy groups -OCH3 is 1. The summed E-state index contributed by atoms with van der Waals surface area (Å²) in [4.78, 5) is 11.9. The van der Waals surface area contributed by atoms with Gasteiger partial charge in [0.05, 0.1) is 12.0 Å². The molecule has 0 unspecified atom stereocenters. The number of rotatable bonds is 8. The van der Waals surface area contributed by atoms with E-state index >= 15 is 0 Å². The van der Waals surface area contributed by atoms with Gasteiger partial charge in [0, 0.05) is 24.2 Å². The van der Waals surface area contributed by atoms with Crippen molar-refractivity contribution in [1.29, 1.82) is 0 Å². The van der Waals surface area contributed by atoms with Crippen LogP contribution in [0.4, 0.5) is 0 Å². The standard InChI is InChI=1S/C18H19ClN2O4S/c1-25-16-7-9-17(10-8-16)26(23,24)21-13-12-20-18(22)11-4-14-2-5-15(19)6-3-14/h2-11,21H,12-13H2,1H3,(H,20,22)/b11-4+. The Labute approximate surface area is 157 Å². The summed E-state index contributed by atoms with van der Waals surface area (Å²) in [7, 11) is -2.12. The average Bonchev–Trinajstić information content (AvgIpc) is 2.65. The van der Waals surface area contributed by atoms with E-state index < -0.39 is 10.0 Å². The molecule has 0 heterocycles. The molecule has 2 rings (SSSR count). The highest BCUT2D eigenvalue weighted by Gasteiger charge is 2.13. The van der Waals surface area contributed by atoms with Crippen molar-refractivity contribution >= 4 is 33.6 Å². The van der Waals surface area contributed by atoms with Gasteiger partial charge in [0.2, 0.25) is 15.9 Å². The SMILES string of the molecule is COc1ccc(S(=O)(=O)NCCNC(=O)/C=C/c2ccc(Cl)cc2)cc1. The summed E-state index contributed by atoms with van der Waals surface area (Å²) in [6, 6.07) is 13.1. The Hall–Kier alpha value is -2.35. The molecule has 0 fully saturated rings. The highest BCUT2D eigenvalue weighted by atomic mass is 35.5. The summed E-state index contributed by atoms with van der Waals surface area (Å²) in [5.41, 5.74) is 0.838. The van der Waals surface area contributed by atoms with Gasteiger partial charge in [-0.2, -0.15) is 0 Å². The zero-order chi connectivity index (χ0) is 19.0. The summed E-state index contributed by atoms with van der Waals surface area (Å²) in [5.74, 6) is 0.257. The van der Waals surface area contributed by atoms with Crippen molar-refractivity contribution in [1.82, 2.24) is 10.0 Å². The molecule has 0 spiro atoms. The summed E-state index contributed by atoms with van der Waals surface area (Å²) in [6.07, 6.45) is 3.02. The second kappa shape index (κ2) is 9.38. The van der Waals surface area contributed by atoms with Crippen molar-refractivity contribution in [2.45, 2.75) is 4.90 Å². The Bertz CT molecular complexity index is 863. The highest BCUT2D eigenvalue weighted by Crippen LogP contribution is 2.15. The first-order valence-corrected chi connectivity index (χ1v) is 9.62. The van der Waals surface area contributed by atoms with Crippen LogP contribution in [0, 0.1) is 0 Å². The Balaban J connectivity index is 1.78. The molecule has 0 saturated heterocycles. The molecule has 138 valence electrons. The van der Waals surface area contributed by atoms with Crippen LogP contribution >= 0.6 is 11.6 Å². The average molecular weight is 395 g/mol. The van der Waals surface area contributed by atoms with Gasteiger partial charge in [0.25, 0.3) is 0 Å². The smallest absolute Gasteiger partial charge is 0.244 e. The van der Waals surface area contributed by atoms with Gasteiger partial charge in [0.1, 0.15) is 5.75 Å². The third-order valence-electron chi connectivity index (χ3n) is 3.38. The van der Waals surface area contributed by atoms with E-state index in [9.17, 15) is 13.2 Å². The van der Waals surface area contributed by atoms with Gasteiger partial charge in [-0.3, -0.25) is 4.79 Å². The molecule has 2 aromatic rings. The number of halogens is 1. The summed E-state index contributed by atoms with van der Waals surface area (Å²) in [6.45, 7) is 0.244. The minimum absolute atomic E-state index is 0.0783. The molecule has 26 heavy (non-hydrogen) atoms. The molecular formula is C18H19ClN2O4S. The summed E-state index contributed by atoms with van der Waals surface area (Å²) >= 11 is 5.79. The molecule has 8 heteroatoms. The van der Waals surface area contributed by atoms with Crippen molar-refractivity contribution in [2.75, 3.05) is 20.2 Å². The van der Waals surface area contributed by atoms with Crippen LogP contribution < -0.4 is 14.8 Å². The maximum Gasteiger partial charge on any atom is 0.244 e. The first kappa shape index (κ1) is 20.0. The molecule has 2 N–H and O–H groups in total. The lowest BCUT2D eigenvalue weighted by Gasteiger charge is -2.08. The predicted octanol–water partition coefficient (Wildman–Crippen LogP) is 2.46. The Morgan fingerprint density at radius 2 is 1.73 bits per heavy atom. The Kier molecular flexibility index (Phi) is 7.20. The number of carbonyl (C=O) groups is 1. The van der Waals surface area contributed by atoms with Crippen molar-refractivity contribution in [3.63, 3.8) is 0 Å². The third-order valence-corrected chi connectivity index (χ3v) is 5.11. The fraction of sp³-hybridized carbons (Fsp3) is 0.167. The Morgan fingerprint density at radius 1 is 1.08 bits per heavy atom. The van der Waals surface area contributed by atoms with Gasteiger partial charge < -0.3 is 10.1 Å². The number of hydrogen-bond donors (Lipinski definition) is 2. The normalized spacial score (nSPS) is 11.5. The van der Waals surface area contributed by atoms with Gasteiger partial charge in [0.15, 0.2) is 0 Å². The molecule has 0 bridgehead atoms. The van der Waals surface area contributed by atoms with E-state index in [0.717, 1.165) is 5.56 Å². The first-order chi connectivity index (χ1) is 12.4. The maximum atomic E-state index is 12.1. The van der Waals surface area contributed by atoms with Gasteiger partial charge >= 0.3 is 0 Å². The topological polar surface area (TPSA) is 84.5 Å². The second-order valence-corrected chi connectivity index (χ2v) is 7.45. The minimum Gasteiger partial charge on any atom is -0.497 e. The lowest BCUT2D eigenvalue weighted by molar-refractivity contribution is -0.116. The number of hydrogen-bond acceptors (Lipinski definition) is 4. The molecule has 0 atom stereocenters. The zero-order valence-corrected chi connectivity index (χ0v) is 15.7. The monoisotopic (exact) mass is 394 g/mol. The summed E-state index contributed by atoms with van der Waals surface area (Å²) in [5, 5.41) is 3.23. The molecule has 6 nitrogen and oxygen atoms in total. The molecule has 0 saturated carbocycles. The van der Waals surface area contributed by atoms with Crippen molar-refractivity contribution in [3.05, 3.63) is 65.2 Å². The van der Waals surface area contributed by atoms with Gasteiger partial charge in [-0.05, 0) is 48.0 Å². The molecule has 0 aliphatic heterocycles. The van der Waals surface area contributed by atoms with Crippen LogP contribution in [0.2, 0.25) is 5.02 Å². The van der Waals surface area contributed by atoms with Crippen LogP contribution in [-0.2, 0) is 14.8 Å². The zero-order valence-electron chi connectivity index (χ0n) is 14.1. The van der Waals surface area contributed by atoms with E-state index in [2.05, 4.69) is 10.0 Å². The van der Waals surface area contributed by atoms with Gasteiger partial charge in [-0.25, -0.2) is 13.1 Å². The molecule has 2 aromatic carbocycles. The fourth-order valence-electron chi connectivity index (χ4n) is 2.01. The molecular weight excluding hydrogens is 376 g/mol. The quantitative estimate of drug-likeness (QED) is 0.532. The fourth-order valence-corrected chi connectivity index (χ4v) is 3.17. The van der Waals surface area contributed by atoms with E-state index in [0.29, 0.717) is 10.8 Å². The number of sulfonamides is 1. The van der Waals surface area contributed by atoms with E-state index in [4.69, 9.17) is 16.3 Å². The van der Waals surface area contributed by atoms with Crippen LogP contribution in [0.25, 0.3) is 6.08 Å². The van der Waals surface area contributed by atoms with E-state index in [1.807, 2.05) is 0 Å². The molecule has 0 aliphatic rings. The van der Waals surface area contributed by atoms with Crippen LogP contribution in [0.1, 0.15) is 5.56 Å². The van der Waals surface area contributed by atoms with Crippen LogP contribution in [0.3, 0.4) is 0 Å². The minimum atomic E-state index is -3.63.